The molecule has 23 heavy (non-hydrogen) atoms. The number of rotatable bonds is 1. The van der Waals surface area contributed by atoms with E-state index in [9.17, 15) is 9.90 Å². The zero-order valence-electron chi connectivity index (χ0n) is 15.0. The molecular weight excluding hydrogens is 288 g/mol. The SMILES string of the molecule is CC1=CCCC(C)CC(O)CC2=CC(OC2=O)C(C(C)C)CC1. The highest BCUT2D eigenvalue weighted by Gasteiger charge is 2.34. The standard InChI is InChI=1S/C20H32O3/c1-13(2)18-9-8-14(3)6-5-7-15(4)10-17(21)11-16-12-19(18)23-20(16)22/h6,12-13,15,17-19,21H,5,7-11H2,1-4H3. The van der Waals surface area contributed by atoms with Crippen molar-refractivity contribution >= 4 is 5.97 Å². The second-order valence-corrected chi connectivity index (χ2v) is 7.84. The van der Waals surface area contributed by atoms with Crippen molar-refractivity contribution in [2.75, 3.05) is 0 Å². The number of allylic oxidation sites excluding steroid dienone is 2. The normalized spacial score (nSPS) is 33.7. The van der Waals surface area contributed by atoms with Gasteiger partial charge in [0.15, 0.2) is 0 Å². The lowest BCUT2D eigenvalue weighted by Gasteiger charge is -2.25. The van der Waals surface area contributed by atoms with E-state index in [1.165, 1.54) is 5.57 Å². The number of aliphatic hydroxyl groups is 1. The molecule has 0 amide bonds. The molecule has 3 heteroatoms. The number of ether oxygens (including phenoxy) is 1. The molecule has 130 valence electrons. The summed E-state index contributed by atoms with van der Waals surface area (Å²) >= 11 is 0. The van der Waals surface area contributed by atoms with Crippen molar-refractivity contribution in [1.82, 2.24) is 0 Å². The average Bonchev–Trinajstić information content (AvgIpc) is 2.78. The fourth-order valence-electron chi connectivity index (χ4n) is 3.77. The van der Waals surface area contributed by atoms with Crippen LogP contribution in [0.25, 0.3) is 0 Å². The van der Waals surface area contributed by atoms with Crippen LogP contribution in [-0.2, 0) is 9.53 Å². The van der Waals surface area contributed by atoms with E-state index >= 15 is 0 Å². The highest BCUT2D eigenvalue weighted by atomic mass is 16.5. The minimum Gasteiger partial charge on any atom is -0.454 e. The second-order valence-electron chi connectivity index (χ2n) is 7.84. The Morgan fingerprint density at radius 2 is 2.04 bits per heavy atom. The molecular formula is C20H32O3. The van der Waals surface area contributed by atoms with Crippen molar-refractivity contribution in [2.24, 2.45) is 17.8 Å². The summed E-state index contributed by atoms with van der Waals surface area (Å²) in [4.78, 5) is 12.1. The minimum absolute atomic E-state index is 0.127. The molecule has 1 aliphatic carbocycles. The molecule has 3 nitrogen and oxygen atoms in total. The van der Waals surface area contributed by atoms with Crippen LogP contribution in [0.5, 0.6) is 0 Å². The first-order valence-electron chi connectivity index (χ1n) is 9.12. The number of hydrogen-bond donors (Lipinski definition) is 1. The van der Waals surface area contributed by atoms with Crippen molar-refractivity contribution < 1.29 is 14.6 Å². The van der Waals surface area contributed by atoms with Crippen LogP contribution in [-0.4, -0.2) is 23.3 Å². The molecule has 1 aliphatic heterocycles. The number of esters is 1. The second kappa shape index (κ2) is 8.14. The topological polar surface area (TPSA) is 46.5 Å². The summed E-state index contributed by atoms with van der Waals surface area (Å²) in [5, 5.41) is 10.3. The van der Waals surface area contributed by atoms with Crippen molar-refractivity contribution in [2.45, 2.75) is 78.4 Å². The van der Waals surface area contributed by atoms with Crippen LogP contribution < -0.4 is 0 Å². The maximum atomic E-state index is 12.1. The molecule has 0 radical (unpaired) electrons. The van der Waals surface area contributed by atoms with Crippen molar-refractivity contribution in [3.8, 4) is 0 Å². The predicted molar refractivity (Wildman–Crippen MR) is 92.9 cm³/mol. The van der Waals surface area contributed by atoms with Gasteiger partial charge in [-0.3, -0.25) is 0 Å². The summed E-state index contributed by atoms with van der Waals surface area (Å²) in [7, 11) is 0. The van der Waals surface area contributed by atoms with Crippen LogP contribution in [0, 0.1) is 17.8 Å². The van der Waals surface area contributed by atoms with Gasteiger partial charge in [0.25, 0.3) is 0 Å². The molecule has 2 rings (SSSR count). The van der Waals surface area contributed by atoms with Gasteiger partial charge in [0.05, 0.1) is 6.10 Å². The Bertz CT molecular complexity index is 475. The van der Waals surface area contributed by atoms with Crippen LogP contribution in [0.2, 0.25) is 0 Å². The highest BCUT2D eigenvalue weighted by molar-refractivity contribution is 5.91. The zero-order chi connectivity index (χ0) is 17.0. The Kier molecular flexibility index (Phi) is 6.46. The monoisotopic (exact) mass is 320 g/mol. The molecule has 0 saturated heterocycles. The third-order valence-electron chi connectivity index (χ3n) is 5.30. The summed E-state index contributed by atoms with van der Waals surface area (Å²) in [6.07, 6.45) is 9.19. The lowest BCUT2D eigenvalue weighted by molar-refractivity contribution is -0.142. The van der Waals surface area contributed by atoms with Crippen LogP contribution >= 0.6 is 0 Å². The molecule has 0 spiro atoms. The van der Waals surface area contributed by atoms with Gasteiger partial charge in [-0.2, -0.15) is 0 Å². The quantitative estimate of drug-likeness (QED) is 0.575. The number of fused-ring (bicyclic) bond motifs is 1. The maximum Gasteiger partial charge on any atom is 0.334 e. The Hall–Kier alpha value is -1.09. The van der Waals surface area contributed by atoms with E-state index in [1.54, 1.807) is 0 Å². The zero-order valence-corrected chi connectivity index (χ0v) is 15.0. The van der Waals surface area contributed by atoms with E-state index in [2.05, 4.69) is 33.8 Å². The van der Waals surface area contributed by atoms with Gasteiger partial charge in [-0.05, 0) is 56.9 Å². The van der Waals surface area contributed by atoms with Crippen LogP contribution in [0.3, 0.4) is 0 Å². The first kappa shape index (κ1) is 18.3. The lowest BCUT2D eigenvalue weighted by atomic mass is 9.84. The Morgan fingerprint density at radius 1 is 1.30 bits per heavy atom. The number of hydrogen-bond acceptors (Lipinski definition) is 3. The summed E-state index contributed by atoms with van der Waals surface area (Å²) in [6.45, 7) is 8.77. The molecule has 0 aromatic heterocycles. The Labute approximate surface area is 140 Å². The van der Waals surface area contributed by atoms with Gasteiger partial charge >= 0.3 is 5.97 Å². The van der Waals surface area contributed by atoms with Gasteiger partial charge < -0.3 is 9.84 Å². The predicted octanol–water partition coefficient (Wildman–Crippen LogP) is 4.41. The van der Waals surface area contributed by atoms with Gasteiger partial charge in [-0.1, -0.05) is 32.4 Å². The minimum atomic E-state index is -0.451. The molecule has 1 N–H and O–H groups in total. The summed E-state index contributed by atoms with van der Waals surface area (Å²) in [5.74, 6) is 1.05. The number of carbonyl (C=O) groups is 1. The van der Waals surface area contributed by atoms with E-state index in [0.29, 0.717) is 29.7 Å². The first-order valence-corrected chi connectivity index (χ1v) is 9.12. The van der Waals surface area contributed by atoms with Crippen molar-refractivity contribution in [3.05, 3.63) is 23.3 Å². The van der Waals surface area contributed by atoms with E-state index in [1.807, 2.05) is 6.08 Å². The largest absolute Gasteiger partial charge is 0.454 e. The molecule has 2 aliphatic rings. The Morgan fingerprint density at radius 3 is 2.74 bits per heavy atom. The fourth-order valence-corrected chi connectivity index (χ4v) is 3.77. The maximum absolute atomic E-state index is 12.1. The lowest BCUT2D eigenvalue weighted by Crippen LogP contribution is -2.25. The van der Waals surface area contributed by atoms with E-state index < -0.39 is 6.10 Å². The van der Waals surface area contributed by atoms with E-state index in [0.717, 1.165) is 32.1 Å². The van der Waals surface area contributed by atoms with Gasteiger partial charge in [0.1, 0.15) is 6.10 Å². The van der Waals surface area contributed by atoms with Crippen molar-refractivity contribution in [3.63, 3.8) is 0 Å². The van der Waals surface area contributed by atoms with Gasteiger partial charge in [0.2, 0.25) is 0 Å². The third kappa shape index (κ3) is 5.20. The molecule has 4 atom stereocenters. The molecule has 1 heterocycles. The summed E-state index contributed by atoms with van der Waals surface area (Å²) in [5.41, 5.74) is 2.10. The molecule has 0 fully saturated rings. The summed E-state index contributed by atoms with van der Waals surface area (Å²) < 4.78 is 5.62. The third-order valence-corrected chi connectivity index (χ3v) is 5.30. The summed E-state index contributed by atoms with van der Waals surface area (Å²) in [6, 6.07) is 0. The molecule has 0 aromatic carbocycles. The number of carbonyl (C=O) groups excluding carboxylic acids is 1. The van der Waals surface area contributed by atoms with Gasteiger partial charge in [-0.15, -0.1) is 0 Å². The fraction of sp³-hybridized carbons (Fsp3) is 0.750. The van der Waals surface area contributed by atoms with E-state index in [-0.39, 0.29) is 12.1 Å². The van der Waals surface area contributed by atoms with Crippen LogP contribution in [0.4, 0.5) is 0 Å². The first-order chi connectivity index (χ1) is 10.9. The highest BCUT2D eigenvalue weighted by Crippen LogP contribution is 2.32. The molecule has 2 bridgehead atoms. The smallest absolute Gasteiger partial charge is 0.334 e. The molecule has 0 saturated carbocycles. The van der Waals surface area contributed by atoms with Gasteiger partial charge in [0, 0.05) is 17.9 Å². The Balaban J connectivity index is 2.19. The average molecular weight is 320 g/mol. The van der Waals surface area contributed by atoms with Crippen LogP contribution in [0.15, 0.2) is 23.3 Å². The molecule has 0 aromatic rings. The van der Waals surface area contributed by atoms with Crippen molar-refractivity contribution in [1.29, 1.82) is 0 Å². The van der Waals surface area contributed by atoms with Gasteiger partial charge in [-0.25, -0.2) is 4.79 Å². The molecule has 4 unspecified atom stereocenters. The van der Waals surface area contributed by atoms with Crippen LogP contribution in [0.1, 0.15) is 66.2 Å². The number of aliphatic hydroxyl groups excluding tert-OH is 1. The van der Waals surface area contributed by atoms with E-state index in [4.69, 9.17) is 4.74 Å².